The second-order valence-electron chi connectivity index (χ2n) is 9.82. The molecule has 2 nitrogen and oxygen atoms in total. The zero-order valence-corrected chi connectivity index (χ0v) is 21.7. The van der Waals surface area contributed by atoms with Crippen LogP contribution in [0.3, 0.4) is 0 Å². The molecule has 8 heteroatoms. The second kappa shape index (κ2) is 10.4. The molecule has 0 spiro atoms. The minimum atomic E-state index is -4.91. The molecule has 0 saturated heterocycles. The van der Waals surface area contributed by atoms with Crippen molar-refractivity contribution in [2.75, 3.05) is 0 Å². The van der Waals surface area contributed by atoms with Crippen LogP contribution in [0.15, 0.2) is 122 Å². The molecule has 0 aliphatic rings. The molecule has 0 aliphatic carbocycles. The summed E-state index contributed by atoms with van der Waals surface area (Å²) in [4.78, 5) is 8.68. The topological polar surface area (TPSA) is 25.8 Å². The number of pyridine rings is 2. The van der Waals surface area contributed by atoms with Crippen LogP contribution in [0.2, 0.25) is 0 Å². The van der Waals surface area contributed by atoms with Crippen LogP contribution >= 0.6 is 0 Å². The van der Waals surface area contributed by atoms with Gasteiger partial charge in [-0.1, -0.05) is 60.7 Å². The van der Waals surface area contributed by atoms with Crippen LogP contribution in [0.4, 0.5) is 26.3 Å². The summed E-state index contributed by atoms with van der Waals surface area (Å²) in [6, 6.07) is 27.8. The first-order chi connectivity index (χ1) is 20.0. The van der Waals surface area contributed by atoms with Gasteiger partial charge >= 0.3 is 12.4 Å². The van der Waals surface area contributed by atoms with Crippen molar-refractivity contribution < 1.29 is 26.3 Å². The highest BCUT2D eigenvalue weighted by atomic mass is 19.4. The van der Waals surface area contributed by atoms with Gasteiger partial charge in [0.25, 0.3) is 0 Å². The Morgan fingerprint density at radius 3 is 1.40 bits per heavy atom. The van der Waals surface area contributed by atoms with E-state index >= 15 is 0 Å². The van der Waals surface area contributed by atoms with Gasteiger partial charge in [-0.25, -0.2) is 0 Å². The summed E-state index contributed by atoms with van der Waals surface area (Å²) in [5.41, 5.74) is 3.85. The third-order valence-electron chi connectivity index (χ3n) is 7.06. The van der Waals surface area contributed by atoms with E-state index in [0.717, 1.165) is 56.4 Å². The maximum absolute atomic E-state index is 13.3. The summed E-state index contributed by atoms with van der Waals surface area (Å²) in [5.74, 6) is 0. The Hall–Kier alpha value is -4.98. The predicted molar refractivity (Wildman–Crippen MR) is 151 cm³/mol. The number of nitrogens with zero attached hydrogens (tertiary/aromatic N) is 2. The van der Waals surface area contributed by atoms with Gasteiger partial charge in [0, 0.05) is 29.5 Å². The van der Waals surface area contributed by atoms with E-state index in [4.69, 9.17) is 0 Å². The number of fused-ring (bicyclic) bond motifs is 1. The van der Waals surface area contributed by atoms with Gasteiger partial charge in [-0.2, -0.15) is 26.3 Å². The van der Waals surface area contributed by atoms with E-state index in [0.29, 0.717) is 0 Å². The third-order valence-corrected chi connectivity index (χ3v) is 7.06. The standard InChI is InChI=1S/C34H20F6N2/c35-33(36,37)30-16-28(17-31(19-30)34(38,39)40)23-5-3-22(4-6-23)26-9-10-27-15-29(20-42-32(27)18-26)24-7-1-21(2-8-24)25-11-13-41-14-12-25/h1-20H. The average Bonchev–Trinajstić information content (AvgIpc) is 3.00. The molecule has 0 fully saturated rings. The highest BCUT2D eigenvalue weighted by molar-refractivity contribution is 5.88. The molecule has 0 atom stereocenters. The van der Waals surface area contributed by atoms with E-state index in [1.54, 1.807) is 30.7 Å². The molecule has 6 rings (SSSR count). The van der Waals surface area contributed by atoms with E-state index in [-0.39, 0.29) is 17.2 Å². The van der Waals surface area contributed by atoms with Crippen molar-refractivity contribution in [1.29, 1.82) is 0 Å². The lowest BCUT2D eigenvalue weighted by molar-refractivity contribution is -0.143. The highest BCUT2D eigenvalue weighted by Gasteiger charge is 2.37. The van der Waals surface area contributed by atoms with Gasteiger partial charge in [0.15, 0.2) is 0 Å². The number of alkyl halides is 6. The largest absolute Gasteiger partial charge is 0.416 e. The summed E-state index contributed by atoms with van der Waals surface area (Å²) in [6.07, 6.45) is -4.51. The minimum absolute atomic E-state index is 0.128. The Kier molecular flexibility index (Phi) is 6.77. The van der Waals surface area contributed by atoms with Crippen molar-refractivity contribution in [3.8, 4) is 44.5 Å². The fourth-order valence-corrected chi connectivity index (χ4v) is 4.84. The smallest absolute Gasteiger partial charge is 0.265 e. The summed E-state index contributed by atoms with van der Waals surface area (Å²) in [6.45, 7) is 0. The lowest BCUT2D eigenvalue weighted by Crippen LogP contribution is -2.11. The fraction of sp³-hybridized carbons (Fsp3) is 0.0588. The van der Waals surface area contributed by atoms with Gasteiger partial charge in [-0.15, -0.1) is 0 Å². The van der Waals surface area contributed by atoms with Gasteiger partial charge in [0.2, 0.25) is 0 Å². The monoisotopic (exact) mass is 570 g/mol. The normalized spacial score (nSPS) is 12.0. The molecule has 208 valence electrons. The summed E-state index contributed by atoms with van der Waals surface area (Å²) in [5, 5.41) is 0.926. The first kappa shape index (κ1) is 27.2. The van der Waals surface area contributed by atoms with Crippen LogP contribution in [0.5, 0.6) is 0 Å². The Labute approximate surface area is 237 Å². The van der Waals surface area contributed by atoms with Crippen molar-refractivity contribution >= 4 is 10.9 Å². The Bertz CT molecular complexity index is 1840. The number of hydrogen-bond acceptors (Lipinski definition) is 2. The number of rotatable bonds is 4. The predicted octanol–water partition coefficient (Wildman–Crippen LogP) is 10.3. The molecule has 0 radical (unpaired) electrons. The maximum Gasteiger partial charge on any atom is 0.416 e. The highest BCUT2D eigenvalue weighted by Crippen LogP contribution is 2.39. The van der Waals surface area contributed by atoms with Crippen molar-refractivity contribution in [3.63, 3.8) is 0 Å². The van der Waals surface area contributed by atoms with Crippen molar-refractivity contribution in [2.45, 2.75) is 12.4 Å². The number of aromatic nitrogens is 2. The Morgan fingerprint density at radius 1 is 0.405 bits per heavy atom. The molecular formula is C34H20F6N2. The van der Waals surface area contributed by atoms with Gasteiger partial charge in [-0.05, 0) is 81.4 Å². The molecule has 2 heterocycles. The van der Waals surface area contributed by atoms with E-state index in [1.165, 1.54) is 12.1 Å². The molecule has 42 heavy (non-hydrogen) atoms. The SMILES string of the molecule is FC(F)(F)c1cc(-c2ccc(-c3ccc4cc(-c5ccc(-c6ccncc6)cc5)cnc4c3)cc2)cc(C(F)(F)F)c1. The van der Waals surface area contributed by atoms with Crippen LogP contribution in [0, 0.1) is 0 Å². The maximum atomic E-state index is 13.3. The van der Waals surface area contributed by atoms with Gasteiger partial charge in [0.05, 0.1) is 16.6 Å². The lowest BCUT2D eigenvalue weighted by Gasteiger charge is -2.14. The van der Waals surface area contributed by atoms with Crippen LogP contribution in [-0.2, 0) is 12.4 Å². The van der Waals surface area contributed by atoms with Crippen LogP contribution in [-0.4, -0.2) is 9.97 Å². The molecule has 6 aromatic rings. The number of hydrogen-bond donors (Lipinski definition) is 0. The van der Waals surface area contributed by atoms with Crippen molar-refractivity contribution in [2.24, 2.45) is 0 Å². The van der Waals surface area contributed by atoms with Crippen molar-refractivity contribution in [3.05, 3.63) is 133 Å². The fourth-order valence-electron chi connectivity index (χ4n) is 4.84. The number of halogens is 6. The molecule has 0 saturated carbocycles. The quantitative estimate of drug-likeness (QED) is 0.197. The molecule has 4 aromatic carbocycles. The minimum Gasteiger partial charge on any atom is -0.265 e. The zero-order valence-electron chi connectivity index (χ0n) is 21.7. The average molecular weight is 571 g/mol. The van der Waals surface area contributed by atoms with Crippen LogP contribution in [0.1, 0.15) is 11.1 Å². The molecule has 0 unspecified atom stereocenters. The van der Waals surface area contributed by atoms with Gasteiger partial charge in [0.1, 0.15) is 0 Å². The summed E-state index contributed by atoms with van der Waals surface area (Å²) < 4.78 is 79.7. The summed E-state index contributed by atoms with van der Waals surface area (Å²) in [7, 11) is 0. The summed E-state index contributed by atoms with van der Waals surface area (Å²) >= 11 is 0. The first-order valence-electron chi connectivity index (χ1n) is 12.9. The molecule has 0 amide bonds. The van der Waals surface area contributed by atoms with E-state index < -0.39 is 23.5 Å². The molecule has 0 N–H and O–H groups in total. The molecule has 0 aliphatic heterocycles. The van der Waals surface area contributed by atoms with Gasteiger partial charge < -0.3 is 0 Å². The van der Waals surface area contributed by atoms with E-state index in [1.807, 2.05) is 60.7 Å². The lowest BCUT2D eigenvalue weighted by atomic mass is 9.96. The Balaban J connectivity index is 1.27. The second-order valence-corrected chi connectivity index (χ2v) is 9.82. The molecule has 2 aromatic heterocycles. The van der Waals surface area contributed by atoms with Crippen LogP contribution in [0.25, 0.3) is 55.4 Å². The zero-order chi connectivity index (χ0) is 29.5. The van der Waals surface area contributed by atoms with Crippen LogP contribution < -0.4 is 0 Å². The third kappa shape index (κ3) is 5.61. The van der Waals surface area contributed by atoms with Gasteiger partial charge in [-0.3, -0.25) is 9.97 Å². The Morgan fingerprint density at radius 2 is 0.857 bits per heavy atom. The van der Waals surface area contributed by atoms with Crippen molar-refractivity contribution in [1.82, 2.24) is 9.97 Å². The molecular weight excluding hydrogens is 550 g/mol. The first-order valence-corrected chi connectivity index (χ1v) is 12.9. The molecule has 0 bridgehead atoms. The van der Waals surface area contributed by atoms with E-state index in [9.17, 15) is 26.3 Å². The number of benzene rings is 4. The van der Waals surface area contributed by atoms with E-state index in [2.05, 4.69) is 9.97 Å².